The van der Waals surface area contributed by atoms with Gasteiger partial charge >= 0.3 is 5.97 Å². The highest BCUT2D eigenvalue weighted by atomic mass is 16.4. The molecule has 3 heteroatoms. The third kappa shape index (κ3) is 0.515. The lowest BCUT2D eigenvalue weighted by Gasteiger charge is -2.63. The normalized spacial score (nSPS) is 45.1. The first kappa shape index (κ1) is 6.16. The van der Waals surface area contributed by atoms with Gasteiger partial charge in [0.1, 0.15) is 6.04 Å². The van der Waals surface area contributed by atoms with E-state index in [0.29, 0.717) is 0 Å². The molecular weight excluding hydrogens is 130 g/mol. The summed E-state index contributed by atoms with van der Waals surface area (Å²) in [4.78, 5) is 10.4. The van der Waals surface area contributed by atoms with Crippen molar-refractivity contribution in [2.24, 2.45) is 17.1 Å². The number of carboxylic acids is 1. The summed E-state index contributed by atoms with van der Waals surface area (Å²) in [6.45, 7) is 0. The first-order valence-electron chi connectivity index (χ1n) is 3.62. The predicted octanol–water partition coefficient (Wildman–Crippen LogP) is 0.198. The molecule has 0 saturated heterocycles. The number of hydrogen-bond donors (Lipinski definition) is 2. The van der Waals surface area contributed by atoms with Gasteiger partial charge in [-0.1, -0.05) is 0 Å². The Bertz CT molecular complexity index is 173. The van der Waals surface area contributed by atoms with Crippen LogP contribution in [0.2, 0.25) is 0 Å². The molecule has 3 aliphatic rings. The van der Waals surface area contributed by atoms with Crippen LogP contribution in [0.1, 0.15) is 19.3 Å². The molecule has 3 fully saturated rings. The van der Waals surface area contributed by atoms with Crippen LogP contribution in [0.4, 0.5) is 0 Å². The molecule has 0 aliphatic heterocycles. The molecule has 3 rings (SSSR count). The Morgan fingerprint density at radius 3 is 2.20 bits per heavy atom. The molecule has 1 atom stereocenters. The van der Waals surface area contributed by atoms with E-state index in [9.17, 15) is 4.79 Å². The van der Waals surface area contributed by atoms with Gasteiger partial charge in [0.25, 0.3) is 0 Å². The summed E-state index contributed by atoms with van der Waals surface area (Å²) < 4.78 is 0. The maximum atomic E-state index is 10.4. The quantitative estimate of drug-likeness (QED) is 0.577. The third-order valence-corrected chi connectivity index (χ3v) is 3.01. The van der Waals surface area contributed by atoms with Gasteiger partial charge in [0, 0.05) is 0 Å². The molecule has 0 unspecified atom stereocenters. The summed E-state index contributed by atoms with van der Waals surface area (Å²) >= 11 is 0. The number of nitrogens with two attached hydrogens (primary N) is 1. The highest BCUT2D eigenvalue weighted by Crippen LogP contribution is 2.65. The molecule has 3 nitrogen and oxygen atoms in total. The predicted molar refractivity (Wildman–Crippen MR) is 35.4 cm³/mol. The van der Waals surface area contributed by atoms with Crippen LogP contribution in [-0.4, -0.2) is 17.1 Å². The van der Waals surface area contributed by atoms with Gasteiger partial charge in [-0.2, -0.15) is 0 Å². The summed E-state index contributed by atoms with van der Waals surface area (Å²) in [5.41, 5.74) is 5.52. The van der Waals surface area contributed by atoms with E-state index in [1.807, 2.05) is 0 Å². The second kappa shape index (κ2) is 1.53. The molecule has 56 valence electrons. The van der Waals surface area contributed by atoms with Crippen LogP contribution < -0.4 is 5.73 Å². The van der Waals surface area contributed by atoms with Gasteiger partial charge in [-0.3, -0.25) is 4.79 Å². The third-order valence-electron chi connectivity index (χ3n) is 3.01. The first-order valence-corrected chi connectivity index (χ1v) is 3.62. The van der Waals surface area contributed by atoms with Crippen LogP contribution in [0.5, 0.6) is 0 Å². The minimum Gasteiger partial charge on any atom is -0.480 e. The molecule has 10 heavy (non-hydrogen) atoms. The molecule has 0 radical (unpaired) electrons. The van der Waals surface area contributed by atoms with Crippen molar-refractivity contribution in [3.8, 4) is 0 Å². The standard InChI is InChI=1S/C7H11NO2/c8-5(6(9)10)7-1-4(2-7)3-7/h4-5H,1-3,8H2,(H,9,10)/t4?,5-,7?/m1/s1. The molecule has 3 saturated carbocycles. The van der Waals surface area contributed by atoms with E-state index in [1.165, 1.54) is 0 Å². The molecule has 2 bridgehead atoms. The molecule has 0 aromatic heterocycles. The Balaban J connectivity index is 2.04. The molecule has 3 aliphatic carbocycles. The fourth-order valence-corrected chi connectivity index (χ4v) is 2.19. The topological polar surface area (TPSA) is 63.3 Å². The van der Waals surface area contributed by atoms with Gasteiger partial charge in [0.15, 0.2) is 0 Å². The van der Waals surface area contributed by atoms with E-state index in [0.717, 1.165) is 25.2 Å². The van der Waals surface area contributed by atoms with Gasteiger partial charge < -0.3 is 10.8 Å². The van der Waals surface area contributed by atoms with E-state index >= 15 is 0 Å². The summed E-state index contributed by atoms with van der Waals surface area (Å²) in [5, 5.41) is 8.58. The van der Waals surface area contributed by atoms with Crippen molar-refractivity contribution in [1.29, 1.82) is 0 Å². The fraction of sp³-hybridized carbons (Fsp3) is 0.857. The highest BCUT2D eigenvalue weighted by molar-refractivity contribution is 5.75. The number of carbonyl (C=O) groups is 1. The Morgan fingerprint density at radius 2 is 2.10 bits per heavy atom. The molecule has 0 heterocycles. The van der Waals surface area contributed by atoms with Crippen LogP contribution in [0.25, 0.3) is 0 Å². The number of aliphatic carboxylic acids is 1. The molecule has 0 amide bonds. The lowest BCUT2D eigenvalue weighted by molar-refractivity contribution is -0.165. The highest BCUT2D eigenvalue weighted by Gasteiger charge is 2.61. The second-order valence-corrected chi connectivity index (χ2v) is 3.66. The number of hydrogen-bond acceptors (Lipinski definition) is 2. The van der Waals surface area contributed by atoms with Crippen molar-refractivity contribution in [3.05, 3.63) is 0 Å². The van der Waals surface area contributed by atoms with E-state index in [-0.39, 0.29) is 5.41 Å². The summed E-state index contributed by atoms with van der Waals surface area (Å²) in [6, 6.07) is -0.600. The maximum absolute atomic E-state index is 10.4. The first-order chi connectivity index (χ1) is 4.64. The summed E-state index contributed by atoms with van der Waals surface area (Å²) in [6.07, 6.45) is 3.17. The molecular formula is C7H11NO2. The molecule has 0 aromatic carbocycles. The van der Waals surface area contributed by atoms with Gasteiger partial charge in [-0.15, -0.1) is 0 Å². The van der Waals surface area contributed by atoms with Crippen LogP contribution in [0.3, 0.4) is 0 Å². The zero-order valence-corrected chi connectivity index (χ0v) is 5.71. The molecule has 3 N–H and O–H groups in total. The van der Waals surface area contributed by atoms with E-state index in [4.69, 9.17) is 10.8 Å². The van der Waals surface area contributed by atoms with Crippen molar-refractivity contribution >= 4 is 5.97 Å². The van der Waals surface area contributed by atoms with Gasteiger partial charge in [-0.25, -0.2) is 0 Å². The van der Waals surface area contributed by atoms with Crippen LogP contribution in [0, 0.1) is 11.3 Å². The fourth-order valence-electron chi connectivity index (χ4n) is 2.19. The average molecular weight is 141 g/mol. The minimum absolute atomic E-state index is 0.0243. The number of rotatable bonds is 2. The van der Waals surface area contributed by atoms with E-state index in [2.05, 4.69) is 0 Å². The lowest BCUT2D eigenvalue weighted by Crippen LogP contribution is -2.63. The minimum atomic E-state index is -0.835. The molecule has 0 aromatic rings. The Hall–Kier alpha value is -0.570. The van der Waals surface area contributed by atoms with Crippen molar-refractivity contribution in [3.63, 3.8) is 0 Å². The Labute approximate surface area is 59.2 Å². The van der Waals surface area contributed by atoms with Crippen LogP contribution >= 0.6 is 0 Å². The van der Waals surface area contributed by atoms with Crippen molar-refractivity contribution in [1.82, 2.24) is 0 Å². The smallest absolute Gasteiger partial charge is 0.321 e. The SMILES string of the molecule is N[C@H](C(=O)O)C12CC(C1)C2. The molecule has 0 spiro atoms. The van der Waals surface area contributed by atoms with Gasteiger partial charge in [0.05, 0.1) is 0 Å². The largest absolute Gasteiger partial charge is 0.480 e. The van der Waals surface area contributed by atoms with Crippen molar-refractivity contribution < 1.29 is 9.90 Å². The summed E-state index contributed by atoms with van der Waals surface area (Å²) in [7, 11) is 0. The van der Waals surface area contributed by atoms with E-state index < -0.39 is 12.0 Å². The number of carboxylic acid groups (broad SMARTS) is 1. The second-order valence-electron chi connectivity index (χ2n) is 3.66. The van der Waals surface area contributed by atoms with E-state index in [1.54, 1.807) is 0 Å². The van der Waals surface area contributed by atoms with Crippen molar-refractivity contribution in [2.75, 3.05) is 0 Å². The monoisotopic (exact) mass is 141 g/mol. The Morgan fingerprint density at radius 1 is 1.60 bits per heavy atom. The lowest BCUT2D eigenvalue weighted by atomic mass is 9.42. The van der Waals surface area contributed by atoms with Crippen LogP contribution in [-0.2, 0) is 4.79 Å². The van der Waals surface area contributed by atoms with Gasteiger partial charge in [-0.05, 0) is 30.6 Å². The van der Waals surface area contributed by atoms with Crippen LogP contribution in [0.15, 0.2) is 0 Å². The zero-order chi connectivity index (χ0) is 7.35. The summed E-state index contributed by atoms with van der Waals surface area (Å²) in [5.74, 6) is -0.0245. The average Bonchev–Trinajstić information content (AvgIpc) is 1.56. The van der Waals surface area contributed by atoms with Crippen molar-refractivity contribution in [2.45, 2.75) is 25.3 Å². The zero-order valence-electron chi connectivity index (χ0n) is 5.71. The Kier molecular flexibility index (Phi) is 0.944. The maximum Gasteiger partial charge on any atom is 0.321 e. The van der Waals surface area contributed by atoms with Gasteiger partial charge in [0.2, 0.25) is 0 Å².